The van der Waals surface area contributed by atoms with Gasteiger partial charge in [0.25, 0.3) is 0 Å². The Morgan fingerprint density at radius 3 is 2.33 bits per heavy atom. The smallest absolute Gasteiger partial charge is 0.336 e. The third-order valence-corrected chi connectivity index (χ3v) is 3.89. The van der Waals surface area contributed by atoms with Crippen molar-refractivity contribution in [3.63, 3.8) is 0 Å². The molecule has 2 N–H and O–H groups in total. The lowest BCUT2D eigenvalue weighted by Crippen LogP contribution is -2.44. The Bertz CT molecular complexity index is 662. The van der Waals surface area contributed by atoms with Crippen LogP contribution in [0.15, 0.2) is 48.5 Å². The number of esters is 1. The van der Waals surface area contributed by atoms with E-state index < -0.39 is 18.1 Å². The van der Waals surface area contributed by atoms with E-state index in [1.165, 1.54) is 14.2 Å². The van der Waals surface area contributed by atoms with Gasteiger partial charge >= 0.3 is 5.97 Å². The first-order chi connectivity index (χ1) is 11.0. The number of hydrogen-bond acceptors (Lipinski definition) is 4. The van der Waals surface area contributed by atoms with Crippen molar-refractivity contribution in [2.75, 3.05) is 14.2 Å². The highest BCUT2D eigenvalue weighted by atomic mass is 35.5. The molecule has 0 saturated heterocycles. The molecule has 0 aliphatic rings. The van der Waals surface area contributed by atoms with Crippen LogP contribution in [0.4, 0.5) is 0 Å². The fourth-order valence-electron chi connectivity index (χ4n) is 2.44. The molecule has 4 nitrogen and oxygen atoms in total. The topological polar surface area (TPSA) is 61.5 Å². The van der Waals surface area contributed by atoms with Crippen molar-refractivity contribution in [2.24, 2.45) is 5.73 Å². The second kappa shape index (κ2) is 9.64. The lowest BCUT2D eigenvalue weighted by molar-refractivity contribution is -0.153. The van der Waals surface area contributed by atoms with Crippen LogP contribution >= 0.6 is 24.0 Å². The van der Waals surface area contributed by atoms with Crippen LogP contribution in [0.25, 0.3) is 11.1 Å². The van der Waals surface area contributed by atoms with E-state index >= 15 is 0 Å². The van der Waals surface area contributed by atoms with Gasteiger partial charge < -0.3 is 15.2 Å². The van der Waals surface area contributed by atoms with Gasteiger partial charge in [-0.25, -0.2) is 4.79 Å². The summed E-state index contributed by atoms with van der Waals surface area (Å²) in [5, 5.41) is 0.703. The molecule has 0 aliphatic heterocycles. The maximum atomic E-state index is 11.6. The molecule has 0 bridgehead atoms. The summed E-state index contributed by atoms with van der Waals surface area (Å²) in [6, 6.07) is 15.2. The SMILES string of the molecule is COC(=O)[C@H](OC)C(N)Cc1ccc(-c2cccc(Cl)c2)cc1.Cl. The summed E-state index contributed by atoms with van der Waals surface area (Å²) in [4.78, 5) is 11.6. The number of benzene rings is 2. The maximum absolute atomic E-state index is 11.6. The first-order valence-electron chi connectivity index (χ1n) is 7.26. The van der Waals surface area contributed by atoms with E-state index in [9.17, 15) is 4.79 Å². The van der Waals surface area contributed by atoms with Crippen LogP contribution in [-0.2, 0) is 20.7 Å². The Labute approximate surface area is 153 Å². The van der Waals surface area contributed by atoms with Gasteiger partial charge in [-0.15, -0.1) is 12.4 Å². The van der Waals surface area contributed by atoms with Gasteiger partial charge in [0.2, 0.25) is 0 Å². The van der Waals surface area contributed by atoms with Crippen LogP contribution in [0.5, 0.6) is 0 Å². The Kier molecular flexibility index (Phi) is 8.22. The molecule has 0 aliphatic carbocycles. The van der Waals surface area contributed by atoms with Gasteiger partial charge in [0.1, 0.15) is 0 Å². The standard InChI is InChI=1S/C18H20ClNO3.ClH/c1-22-17(18(21)23-2)16(20)10-12-6-8-13(9-7-12)14-4-3-5-15(19)11-14;/h3-9,11,16-17H,10,20H2,1-2H3;1H/t16?,17-;/m1./s1. The highest BCUT2D eigenvalue weighted by Gasteiger charge is 2.26. The van der Waals surface area contributed by atoms with Crippen LogP contribution in [-0.4, -0.2) is 32.3 Å². The zero-order chi connectivity index (χ0) is 16.8. The Hall–Kier alpha value is -1.59. The van der Waals surface area contributed by atoms with Gasteiger partial charge in [-0.3, -0.25) is 0 Å². The summed E-state index contributed by atoms with van der Waals surface area (Å²) in [6.45, 7) is 0. The number of nitrogens with two attached hydrogens (primary N) is 1. The average molecular weight is 370 g/mol. The molecule has 0 spiro atoms. The van der Waals surface area contributed by atoms with Gasteiger partial charge in [-0.2, -0.15) is 0 Å². The van der Waals surface area contributed by atoms with Crippen LogP contribution in [0.2, 0.25) is 5.02 Å². The molecule has 2 atom stereocenters. The van der Waals surface area contributed by atoms with Crippen LogP contribution in [0.3, 0.4) is 0 Å². The molecule has 2 aromatic rings. The molecule has 0 heterocycles. The fraction of sp³-hybridized carbons (Fsp3) is 0.278. The van der Waals surface area contributed by atoms with E-state index in [-0.39, 0.29) is 12.4 Å². The second-order valence-corrected chi connectivity index (χ2v) is 5.69. The summed E-state index contributed by atoms with van der Waals surface area (Å²) < 4.78 is 9.82. The number of halogens is 2. The third kappa shape index (κ3) is 5.21. The zero-order valence-corrected chi connectivity index (χ0v) is 15.1. The van der Waals surface area contributed by atoms with Gasteiger partial charge in [0, 0.05) is 18.2 Å². The number of hydrogen-bond donors (Lipinski definition) is 1. The van der Waals surface area contributed by atoms with Crippen molar-refractivity contribution in [1.82, 2.24) is 0 Å². The molecular formula is C18H21Cl2NO3. The van der Waals surface area contributed by atoms with Crippen LogP contribution < -0.4 is 5.73 Å². The monoisotopic (exact) mass is 369 g/mol. The molecule has 24 heavy (non-hydrogen) atoms. The highest BCUT2D eigenvalue weighted by molar-refractivity contribution is 6.30. The molecule has 2 aromatic carbocycles. The molecule has 0 radical (unpaired) electrons. The number of carbonyl (C=O) groups is 1. The van der Waals surface area contributed by atoms with Crippen molar-refractivity contribution < 1.29 is 14.3 Å². The van der Waals surface area contributed by atoms with E-state index in [0.717, 1.165) is 16.7 Å². The minimum atomic E-state index is -0.771. The zero-order valence-electron chi connectivity index (χ0n) is 13.6. The van der Waals surface area contributed by atoms with Crippen molar-refractivity contribution in [3.8, 4) is 11.1 Å². The van der Waals surface area contributed by atoms with Crippen molar-refractivity contribution in [3.05, 3.63) is 59.1 Å². The Morgan fingerprint density at radius 2 is 1.79 bits per heavy atom. The minimum absolute atomic E-state index is 0. The lowest BCUT2D eigenvalue weighted by Gasteiger charge is -2.20. The van der Waals surface area contributed by atoms with Gasteiger partial charge in [0.05, 0.1) is 7.11 Å². The second-order valence-electron chi connectivity index (χ2n) is 5.25. The number of methoxy groups -OCH3 is 2. The molecule has 130 valence electrons. The largest absolute Gasteiger partial charge is 0.467 e. The summed E-state index contributed by atoms with van der Waals surface area (Å²) >= 11 is 6.01. The lowest BCUT2D eigenvalue weighted by atomic mass is 9.99. The summed E-state index contributed by atoms with van der Waals surface area (Å²) in [5.74, 6) is -0.462. The van der Waals surface area contributed by atoms with E-state index in [2.05, 4.69) is 0 Å². The molecule has 0 aromatic heterocycles. The van der Waals surface area contributed by atoms with Crippen LogP contribution in [0.1, 0.15) is 5.56 Å². The highest BCUT2D eigenvalue weighted by Crippen LogP contribution is 2.23. The van der Waals surface area contributed by atoms with Crippen LogP contribution in [0, 0.1) is 0 Å². The molecule has 6 heteroatoms. The molecule has 0 saturated carbocycles. The molecule has 0 amide bonds. The first-order valence-corrected chi connectivity index (χ1v) is 7.64. The van der Waals surface area contributed by atoms with Gasteiger partial charge in [-0.1, -0.05) is 48.0 Å². The third-order valence-electron chi connectivity index (χ3n) is 3.66. The van der Waals surface area contributed by atoms with Gasteiger partial charge in [0.15, 0.2) is 6.10 Å². The van der Waals surface area contributed by atoms with E-state index in [4.69, 9.17) is 26.8 Å². The summed E-state index contributed by atoms with van der Waals surface area (Å²) in [5.41, 5.74) is 9.21. The molecule has 0 fully saturated rings. The van der Waals surface area contributed by atoms with Gasteiger partial charge in [-0.05, 0) is 35.2 Å². The van der Waals surface area contributed by atoms with E-state index in [1.807, 2.05) is 48.5 Å². The number of carbonyl (C=O) groups excluding carboxylic acids is 1. The van der Waals surface area contributed by atoms with Crippen molar-refractivity contribution >= 4 is 30.0 Å². The number of rotatable bonds is 6. The predicted molar refractivity (Wildman–Crippen MR) is 98.6 cm³/mol. The summed E-state index contributed by atoms with van der Waals surface area (Å²) in [6.07, 6.45) is -0.253. The molecule has 1 unspecified atom stereocenters. The Balaban J connectivity index is 0.00000288. The Morgan fingerprint density at radius 1 is 1.12 bits per heavy atom. The molecule has 2 rings (SSSR count). The quantitative estimate of drug-likeness (QED) is 0.791. The first kappa shape index (κ1) is 20.5. The van der Waals surface area contributed by atoms with E-state index in [0.29, 0.717) is 11.4 Å². The minimum Gasteiger partial charge on any atom is -0.467 e. The average Bonchev–Trinajstić information content (AvgIpc) is 2.56. The normalized spacial score (nSPS) is 12.8. The fourth-order valence-corrected chi connectivity index (χ4v) is 2.63. The van der Waals surface area contributed by atoms with E-state index in [1.54, 1.807) is 0 Å². The maximum Gasteiger partial charge on any atom is 0.336 e. The van der Waals surface area contributed by atoms with Crippen molar-refractivity contribution in [1.29, 1.82) is 0 Å². The predicted octanol–water partition coefficient (Wildman–Crippen LogP) is 3.49. The number of ether oxygens (including phenoxy) is 2. The van der Waals surface area contributed by atoms with Crippen molar-refractivity contribution in [2.45, 2.75) is 18.6 Å². The summed E-state index contributed by atoms with van der Waals surface area (Å²) in [7, 11) is 2.77. The molecular weight excluding hydrogens is 349 g/mol.